The second kappa shape index (κ2) is 6.54. The summed E-state index contributed by atoms with van der Waals surface area (Å²) in [6.45, 7) is 3.90. The van der Waals surface area contributed by atoms with Gasteiger partial charge in [-0.15, -0.1) is 11.3 Å². The standard InChI is InChI=1S/C16H17NO3S/c1-10-8-11(2)21-14(10)15(18)17-9-13(16(19)20)12-6-4-3-5-7-12/h3-8,13H,9H2,1-2H3,(H,17,18)(H,19,20). The monoisotopic (exact) mass is 303 g/mol. The van der Waals surface area contributed by atoms with Crippen molar-refractivity contribution in [2.45, 2.75) is 19.8 Å². The molecule has 110 valence electrons. The second-order valence-corrected chi connectivity index (χ2v) is 6.14. The van der Waals surface area contributed by atoms with E-state index in [1.54, 1.807) is 24.3 Å². The molecule has 4 nitrogen and oxygen atoms in total. The molecule has 2 aromatic rings. The number of hydrogen-bond acceptors (Lipinski definition) is 3. The van der Waals surface area contributed by atoms with E-state index in [4.69, 9.17) is 0 Å². The molecule has 1 aromatic heterocycles. The molecular formula is C16H17NO3S. The summed E-state index contributed by atoms with van der Waals surface area (Å²) in [7, 11) is 0. The molecule has 0 saturated heterocycles. The van der Waals surface area contributed by atoms with Crippen molar-refractivity contribution in [2.24, 2.45) is 0 Å². The average Bonchev–Trinajstić information content (AvgIpc) is 2.78. The fraction of sp³-hybridized carbons (Fsp3) is 0.250. The molecule has 5 heteroatoms. The van der Waals surface area contributed by atoms with Crippen LogP contribution in [0.5, 0.6) is 0 Å². The maximum absolute atomic E-state index is 12.1. The van der Waals surface area contributed by atoms with Crippen LogP contribution in [0.2, 0.25) is 0 Å². The first-order valence-corrected chi connectivity index (χ1v) is 7.43. The highest BCUT2D eigenvalue weighted by Gasteiger charge is 2.21. The Bertz CT molecular complexity index is 649. The topological polar surface area (TPSA) is 66.4 Å². The van der Waals surface area contributed by atoms with Crippen molar-refractivity contribution >= 4 is 23.2 Å². The Balaban J connectivity index is 2.08. The van der Waals surface area contributed by atoms with Crippen molar-refractivity contribution in [3.05, 3.63) is 57.3 Å². The zero-order valence-electron chi connectivity index (χ0n) is 11.9. The lowest BCUT2D eigenvalue weighted by Crippen LogP contribution is -2.31. The maximum Gasteiger partial charge on any atom is 0.312 e. The first-order chi connectivity index (χ1) is 9.99. The van der Waals surface area contributed by atoms with Gasteiger partial charge in [-0.3, -0.25) is 9.59 Å². The Morgan fingerprint density at radius 2 is 1.90 bits per heavy atom. The molecule has 1 aromatic carbocycles. The molecule has 2 N–H and O–H groups in total. The number of aliphatic carboxylic acids is 1. The van der Waals surface area contributed by atoms with E-state index >= 15 is 0 Å². The minimum absolute atomic E-state index is 0.0779. The number of amides is 1. The summed E-state index contributed by atoms with van der Waals surface area (Å²) in [5.74, 6) is -1.90. The van der Waals surface area contributed by atoms with Gasteiger partial charge in [0, 0.05) is 11.4 Å². The van der Waals surface area contributed by atoms with Crippen LogP contribution >= 0.6 is 11.3 Å². The van der Waals surface area contributed by atoms with E-state index in [1.165, 1.54) is 11.3 Å². The summed E-state index contributed by atoms with van der Waals surface area (Å²) in [6.07, 6.45) is 0. The van der Waals surface area contributed by atoms with Crippen molar-refractivity contribution in [1.82, 2.24) is 5.32 Å². The molecule has 0 aliphatic carbocycles. The van der Waals surface area contributed by atoms with Gasteiger partial charge in [-0.2, -0.15) is 0 Å². The van der Waals surface area contributed by atoms with E-state index in [0.717, 1.165) is 10.4 Å². The lowest BCUT2D eigenvalue weighted by Gasteiger charge is -2.13. The van der Waals surface area contributed by atoms with Crippen LogP contribution in [0, 0.1) is 13.8 Å². The minimum atomic E-state index is -0.944. The molecule has 1 amide bonds. The quantitative estimate of drug-likeness (QED) is 0.892. The molecule has 2 rings (SSSR count). The van der Waals surface area contributed by atoms with Crippen molar-refractivity contribution in [2.75, 3.05) is 6.54 Å². The molecule has 1 heterocycles. The number of carbonyl (C=O) groups is 2. The van der Waals surface area contributed by atoms with Gasteiger partial charge in [0.05, 0.1) is 10.8 Å². The molecule has 1 atom stereocenters. The van der Waals surface area contributed by atoms with E-state index in [0.29, 0.717) is 10.4 Å². The van der Waals surface area contributed by atoms with Crippen LogP contribution < -0.4 is 5.32 Å². The van der Waals surface area contributed by atoms with Crippen molar-refractivity contribution in [3.8, 4) is 0 Å². The first-order valence-electron chi connectivity index (χ1n) is 6.62. The molecule has 0 fully saturated rings. The molecule has 1 unspecified atom stereocenters. The SMILES string of the molecule is Cc1cc(C)c(C(=O)NCC(C(=O)O)c2ccccc2)s1. The maximum atomic E-state index is 12.1. The number of benzene rings is 1. The number of carboxylic acids is 1. The predicted octanol–water partition coefficient (Wildman–Crippen LogP) is 2.96. The molecule has 0 spiro atoms. The van der Waals surface area contributed by atoms with E-state index in [1.807, 2.05) is 26.0 Å². The van der Waals surface area contributed by atoms with Crippen LogP contribution in [0.15, 0.2) is 36.4 Å². The molecule has 21 heavy (non-hydrogen) atoms. The molecule has 0 aliphatic rings. The van der Waals surface area contributed by atoms with Gasteiger partial charge < -0.3 is 10.4 Å². The summed E-state index contributed by atoms with van der Waals surface area (Å²) in [6, 6.07) is 10.9. The van der Waals surface area contributed by atoms with Gasteiger partial charge >= 0.3 is 5.97 Å². The highest BCUT2D eigenvalue weighted by atomic mass is 32.1. The number of rotatable bonds is 5. The summed E-state index contributed by atoms with van der Waals surface area (Å²) >= 11 is 1.42. The van der Waals surface area contributed by atoms with E-state index < -0.39 is 11.9 Å². The smallest absolute Gasteiger partial charge is 0.312 e. The van der Waals surface area contributed by atoms with E-state index in [9.17, 15) is 14.7 Å². The van der Waals surface area contributed by atoms with E-state index in [2.05, 4.69) is 5.32 Å². The molecular weight excluding hydrogens is 286 g/mol. The lowest BCUT2D eigenvalue weighted by atomic mass is 9.99. The van der Waals surface area contributed by atoms with Crippen LogP contribution in [0.1, 0.15) is 31.6 Å². The Kier molecular flexibility index (Phi) is 4.75. The Morgan fingerprint density at radius 3 is 2.43 bits per heavy atom. The number of carbonyl (C=O) groups excluding carboxylic acids is 1. The number of thiophene rings is 1. The van der Waals surface area contributed by atoms with Crippen molar-refractivity contribution in [3.63, 3.8) is 0 Å². The first kappa shape index (κ1) is 15.3. The summed E-state index contributed by atoms with van der Waals surface area (Å²) in [5, 5.41) is 12.0. The third-order valence-corrected chi connectivity index (χ3v) is 4.37. The van der Waals surface area contributed by atoms with Gasteiger partial charge in [0.25, 0.3) is 5.91 Å². The second-order valence-electron chi connectivity index (χ2n) is 4.88. The fourth-order valence-electron chi connectivity index (χ4n) is 2.17. The Hall–Kier alpha value is -2.14. The fourth-order valence-corrected chi connectivity index (χ4v) is 3.12. The van der Waals surface area contributed by atoms with Crippen LogP contribution in [0.4, 0.5) is 0 Å². The highest BCUT2D eigenvalue weighted by Crippen LogP contribution is 2.21. The van der Waals surface area contributed by atoms with Crippen LogP contribution in [0.3, 0.4) is 0 Å². The number of hydrogen-bond donors (Lipinski definition) is 2. The third-order valence-electron chi connectivity index (χ3n) is 3.21. The third kappa shape index (κ3) is 3.70. The van der Waals surface area contributed by atoms with Gasteiger partial charge in [-0.25, -0.2) is 0 Å². The van der Waals surface area contributed by atoms with Gasteiger partial charge in [0.15, 0.2) is 0 Å². The van der Waals surface area contributed by atoms with Crippen LogP contribution in [0.25, 0.3) is 0 Å². The zero-order valence-corrected chi connectivity index (χ0v) is 12.7. The number of carboxylic acid groups (broad SMARTS) is 1. The van der Waals surface area contributed by atoms with Crippen molar-refractivity contribution < 1.29 is 14.7 Å². The summed E-state index contributed by atoms with van der Waals surface area (Å²) in [5.41, 5.74) is 1.60. The van der Waals surface area contributed by atoms with Gasteiger partial charge in [-0.05, 0) is 31.0 Å². The van der Waals surface area contributed by atoms with Crippen LogP contribution in [-0.4, -0.2) is 23.5 Å². The minimum Gasteiger partial charge on any atom is -0.481 e. The number of nitrogens with one attached hydrogen (secondary N) is 1. The van der Waals surface area contributed by atoms with Crippen LogP contribution in [-0.2, 0) is 4.79 Å². The van der Waals surface area contributed by atoms with Gasteiger partial charge in [0.1, 0.15) is 0 Å². The summed E-state index contributed by atoms with van der Waals surface area (Å²) < 4.78 is 0. The normalized spacial score (nSPS) is 11.9. The number of aryl methyl sites for hydroxylation is 2. The molecule has 0 radical (unpaired) electrons. The lowest BCUT2D eigenvalue weighted by molar-refractivity contribution is -0.138. The van der Waals surface area contributed by atoms with Gasteiger partial charge in [0.2, 0.25) is 0 Å². The molecule has 0 bridgehead atoms. The highest BCUT2D eigenvalue weighted by molar-refractivity contribution is 7.14. The van der Waals surface area contributed by atoms with E-state index in [-0.39, 0.29) is 12.5 Å². The molecule has 0 aliphatic heterocycles. The summed E-state index contributed by atoms with van der Waals surface area (Å²) in [4.78, 5) is 25.2. The average molecular weight is 303 g/mol. The molecule has 0 saturated carbocycles. The Labute approximate surface area is 127 Å². The van der Waals surface area contributed by atoms with Gasteiger partial charge in [-0.1, -0.05) is 30.3 Å². The predicted molar refractivity (Wildman–Crippen MR) is 82.9 cm³/mol. The Morgan fingerprint density at radius 1 is 1.24 bits per heavy atom. The van der Waals surface area contributed by atoms with Crippen molar-refractivity contribution in [1.29, 1.82) is 0 Å². The zero-order chi connectivity index (χ0) is 15.4. The largest absolute Gasteiger partial charge is 0.481 e.